The van der Waals surface area contributed by atoms with E-state index in [-0.39, 0.29) is 11.6 Å². The van der Waals surface area contributed by atoms with Crippen molar-refractivity contribution in [2.24, 2.45) is 5.10 Å². The second-order valence-corrected chi connectivity index (χ2v) is 2.88. The van der Waals surface area contributed by atoms with Gasteiger partial charge in [0, 0.05) is 12.8 Å². The van der Waals surface area contributed by atoms with Crippen molar-refractivity contribution in [1.82, 2.24) is 15.4 Å². The molecule has 0 aromatic carbocycles. The van der Waals surface area contributed by atoms with Gasteiger partial charge in [0.25, 0.3) is 0 Å². The van der Waals surface area contributed by atoms with Crippen molar-refractivity contribution in [3.05, 3.63) is 23.8 Å². The van der Waals surface area contributed by atoms with Gasteiger partial charge in [0.1, 0.15) is 6.33 Å². The van der Waals surface area contributed by atoms with Crippen LogP contribution in [0.15, 0.2) is 17.5 Å². The van der Waals surface area contributed by atoms with Gasteiger partial charge in [0.2, 0.25) is 0 Å². The lowest BCUT2D eigenvalue weighted by Crippen LogP contribution is -2.11. The number of rotatable bonds is 2. The van der Waals surface area contributed by atoms with Gasteiger partial charge in [-0.3, -0.25) is 0 Å². The number of hydrogen-bond donors (Lipinski definition) is 2. The predicted molar refractivity (Wildman–Crippen MR) is 48.2 cm³/mol. The molecule has 1 aliphatic heterocycles. The van der Waals surface area contributed by atoms with Crippen molar-refractivity contribution in [3.8, 4) is 0 Å². The van der Waals surface area contributed by atoms with Crippen molar-refractivity contribution in [3.63, 3.8) is 0 Å². The van der Waals surface area contributed by atoms with Gasteiger partial charge in [-0.1, -0.05) is 0 Å². The van der Waals surface area contributed by atoms with Crippen LogP contribution in [0.3, 0.4) is 0 Å². The molecule has 72 valence electrons. The van der Waals surface area contributed by atoms with Crippen molar-refractivity contribution in [2.75, 3.05) is 6.54 Å². The number of carboxylic acid groups (broad SMARTS) is 1. The minimum absolute atomic E-state index is 0.00954. The smallest absolute Gasteiger partial charge is 0.354 e. The van der Waals surface area contributed by atoms with E-state index in [0.717, 1.165) is 0 Å². The molecule has 0 bridgehead atoms. The molecule has 1 atom stereocenters. The summed E-state index contributed by atoms with van der Waals surface area (Å²) in [5.41, 5.74) is 3.46. The fraction of sp³-hybridized carbons (Fsp3) is 0.250. The lowest BCUT2D eigenvalue weighted by atomic mass is 10.1. The maximum atomic E-state index is 10.6. The zero-order valence-electron chi connectivity index (χ0n) is 7.21. The van der Waals surface area contributed by atoms with E-state index in [2.05, 4.69) is 20.5 Å². The maximum absolute atomic E-state index is 10.6. The fourth-order valence-corrected chi connectivity index (χ4v) is 1.22. The number of carboxylic acids is 1. The third-order valence-corrected chi connectivity index (χ3v) is 1.94. The van der Waals surface area contributed by atoms with Crippen molar-refractivity contribution in [1.29, 1.82) is 0 Å². The molecule has 0 fully saturated rings. The molecule has 0 saturated carbocycles. The summed E-state index contributed by atoms with van der Waals surface area (Å²) in [4.78, 5) is 18.3. The van der Waals surface area contributed by atoms with Crippen LogP contribution >= 0.6 is 0 Å². The molecule has 1 aliphatic rings. The molecule has 0 radical (unpaired) electrons. The molecule has 2 rings (SSSR count). The zero-order valence-corrected chi connectivity index (χ0v) is 7.21. The molecule has 0 aliphatic carbocycles. The summed E-state index contributed by atoms with van der Waals surface area (Å²) < 4.78 is 0. The Morgan fingerprint density at radius 1 is 1.57 bits per heavy atom. The standard InChI is InChI=1S/C8H8N4O2/c13-8(14)7-1-6(9-4-10-7)5-2-11-12-3-5/h1-2,4-5,12H,3H2,(H,13,14). The maximum Gasteiger partial charge on any atom is 0.354 e. The van der Waals surface area contributed by atoms with Crippen LogP contribution in [0.4, 0.5) is 0 Å². The van der Waals surface area contributed by atoms with E-state index in [9.17, 15) is 4.79 Å². The summed E-state index contributed by atoms with van der Waals surface area (Å²) in [6.07, 6.45) is 2.96. The number of hydrazone groups is 1. The van der Waals surface area contributed by atoms with Crippen molar-refractivity contribution in [2.45, 2.75) is 5.92 Å². The number of carbonyl (C=O) groups is 1. The van der Waals surface area contributed by atoms with Crippen molar-refractivity contribution >= 4 is 12.2 Å². The summed E-state index contributed by atoms with van der Waals surface area (Å²) in [6, 6.07) is 1.46. The van der Waals surface area contributed by atoms with E-state index in [1.807, 2.05) is 0 Å². The minimum atomic E-state index is -1.04. The van der Waals surface area contributed by atoms with E-state index in [0.29, 0.717) is 12.2 Å². The van der Waals surface area contributed by atoms with E-state index in [1.54, 1.807) is 6.21 Å². The summed E-state index contributed by atoms with van der Waals surface area (Å²) in [5, 5.41) is 12.5. The van der Waals surface area contributed by atoms with Crippen LogP contribution in [0.25, 0.3) is 0 Å². The van der Waals surface area contributed by atoms with Gasteiger partial charge in [0.05, 0.1) is 11.6 Å². The van der Waals surface area contributed by atoms with Crippen molar-refractivity contribution < 1.29 is 9.90 Å². The Hall–Kier alpha value is -1.98. The monoisotopic (exact) mass is 192 g/mol. The second-order valence-electron chi connectivity index (χ2n) is 2.88. The highest BCUT2D eigenvalue weighted by Gasteiger charge is 2.16. The first-order valence-electron chi connectivity index (χ1n) is 4.08. The largest absolute Gasteiger partial charge is 0.477 e. The Morgan fingerprint density at radius 3 is 3.07 bits per heavy atom. The SMILES string of the molecule is O=C(O)c1cc(C2C=NNC2)ncn1. The molecule has 6 nitrogen and oxygen atoms in total. The number of aromatic nitrogens is 2. The Kier molecular flexibility index (Phi) is 2.10. The van der Waals surface area contributed by atoms with E-state index >= 15 is 0 Å². The third-order valence-electron chi connectivity index (χ3n) is 1.94. The molecular formula is C8H8N4O2. The highest BCUT2D eigenvalue weighted by Crippen LogP contribution is 2.13. The topological polar surface area (TPSA) is 87.5 Å². The Morgan fingerprint density at radius 2 is 2.43 bits per heavy atom. The molecule has 6 heteroatoms. The molecule has 2 N–H and O–H groups in total. The molecule has 1 unspecified atom stereocenters. The highest BCUT2D eigenvalue weighted by molar-refractivity contribution is 5.85. The van der Waals surface area contributed by atoms with Crippen LogP contribution < -0.4 is 5.43 Å². The Bertz CT molecular complexity index is 391. The lowest BCUT2D eigenvalue weighted by molar-refractivity contribution is 0.0690. The van der Waals surface area contributed by atoms with Gasteiger partial charge in [-0.25, -0.2) is 14.8 Å². The molecule has 0 amide bonds. The summed E-state index contributed by atoms with van der Waals surface area (Å²) in [6.45, 7) is 0.649. The average Bonchev–Trinajstić information content (AvgIpc) is 2.71. The summed E-state index contributed by atoms with van der Waals surface area (Å²) in [5.74, 6) is -1.01. The number of aromatic carboxylic acids is 1. The summed E-state index contributed by atoms with van der Waals surface area (Å²) >= 11 is 0. The van der Waals surface area contributed by atoms with Crippen LogP contribution in [-0.2, 0) is 0 Å². The first-order chi connectivity index (χ1) is 6.77. The van der Waals surface area contributed by atoms with Gasteiger partial charge >= 0.3 is 5.97 Å². The number of nitrogens with one attached hydrogen (secondary N) is 1. The molecule has 14 heavy (non-hydrogen) atoms. The Labute approximate surface area is 79.7 Å². The van der Waals surface area contributed by atoms with Crippen LogP contribution in [0.2, 0.25) is 0 Å². The van der Waals surface area contributed by atoms with Gasteiger partial charge in [-0.15, -0.1) is 0 Å². The van der Waals surface area contributed by atoms with Crippen LogP contribution in [-0.4, -0.2) is 33.8 Å². The van der Waals surface area contributed by atoms with Gasteiger partial charge in [-0.05, 0) is 6.07 Å². The third kappa shape index (κ3) is 1.54. The van der Waals surface area contributed by atoms with Gasteiger partial charge < -0.3 is 10.5 Å². The van der Waals surface area contributed by atoms with E-state index < -0.39 is 5.97 Å². The lowest BCUT2D eigenvalue weighted by Gasteiger charge is -2.04. The normalized spacial score (nSPS) is 19.3. The molecule has 1 aromatic rings. The van der Waals surface area contributed by atoms with Gasteiger partial charge in [0.15, 0.2) is 5.69 Å². The first kappa shape index (κ1) is 8.61. The van der Waals surface area contributed by atoms with Crippen LogP contribution in [0.5, 0.6) is 0 Å². The number of hydrogen-bond acceptors (Lipinski definition) is 5. The summed E-state index contributed by atoms with van der Waals surface area (Å²) in [7, 11) is 0. The highest BCUT2D eigenvalue weighted by atomic mass is 16.4. The zero-order chi connectivity index (χ0) is 9.97. The number of nitrogens with zero attached hydrogens (tertiary/aromatic N) is 3. The predicted octanol–water partition coefficient (Wildman–Crippen LogP) is -0.153. The minimum Gasteiger partial charge on any atom is -0.477 e. The molecule has 0 spiro atoms. The quantitative estimate of drug-likeness (QED) is 0.680. The molecule has 2 heterocycles. The Balaban J connectivity index is 2.30. The fourth-order valence-electron chi connectivity index (χ4n) is 1.22. The van der Waals surface area contributed by atoms with Gasteiger partial charge in [-0.2, -0.15) is 5.10 Å². The first-order valence-corrected chi connectivity index (χ1v) is 4.08. The molecular weight excluding hydrogens is 184 g/mol. The molecule has 1 aromatic heterocycles. The van der Waals surface area contributed by atoms with E-state index in [1.165, 1.54) is 12.4 Å². The van der Waals surface area contributed by atoms with Crippen LogP contribution in [0.1, 0.15) is 22.1 Å². The average molecular weight is 192 g/mol. The van der Waals surface area contributed by atoms with E-state index in [4.69, 9.17) is 5.11 Å². The molecule has 0 saturated heterocycles. The van der Waals surface area contributed by atoms with Crippen LogP contribution in [0, 0.1) is 0 Å². The second kappa shape index (κ2) is 3.41.